The predicted octanol–water partition coefficient (Wildman–Crippen LogP) is 2.48. The molecule has 0 radical (unpaired) electrons. The zero-order chi connectivity index (χ0) is 11.5. The van der Waals surface area contributed by atoms with Gasteiger partial charge in [-0.3, -0.25) is 5.32 Å². The van der Waals surface area contributed by atoms with E-state index in [1.165, 1.54) is 11.3 Å². The van der Waals surface area contributed by atoms with E-state index in [1.54, 1.807) is 17.5 Å². The Morgan fingerprint density at radius 3 is 2.69 bits per heavy atom. The van der Waals surface area contributed by atoms with Gasteiger partial charge in [-0.05, 0) is 12.1 Å². The van der Waals surface area contributed by atoms with Crippen LogP contribution in [-0.2, 0) is 0 Å². The van der Waals surface area contributed by atoms with Gasteiger partial charge in [-0.25, -0.2) is 9.78 Å². The van der Waals surface area contributed by atoms with E-state index in [0.29, 0.717) is 10.8 Å². The maximum absolute atomic E-state index is 10.4. The Morgan fingerprint density at radius 1 is 1.38 bits per heavy atom. The number of nitrogens with one attached hydrogen (secondary N) is 1. The molecule has 4 N–H and O–H groups in total. The molecule has 2 aromatic rings. The smallest absolute Gasteiger partial charge is 0.410 e. The molecule has 1 heterocycles. The first-order valence-electron chi connectivity index (χ1n) is 4.46. The fourth-order valence-electron chi connectivity index (χ4n) is 1.21. The van der Waals surface area contributed by atoms with Crippen LogP contribution in [0.4, 0.5) is 15.6 Å². The van der Waals surface area contributed by atoms with Gasteiger partial charge in [0.15, 0.2) is 5.13 Å². The lowest BCUT2D eigenvalue weighted by Crippen LogP contribution is -2.06. The van der Waals surface area contributed by atoms with Gasteiger partial charge in [-0.15, -0.1) is 11.3 Å². The van der Waals surface area contributed by atoms with E-state index in [0.717, 1.165) is 11.3 Å². The summed E-state index contributed by atoms with van der Waals surface area (Å²) in [6.07, 6.45) is -1.11. The van der Waals surface area contributed by atoms with Crippen molar-refractivity contribution in [1.82, 2.24) is 4.98 Å². The minimum absolute atomic E-state index is 0.360. The fraction of sp³-hybridized carbons (Fsp3) is 0. The molecule has 0 atom stereocenters. The first-order chi connectivity index (χ1) is 7.65. The van der Waals surface area contributed by atoms with Gasteiger partial charge < -0.3 is 10.8 Å². The molecule has 0 bridgehead atoms. The average Bonchev–Trinajstić information content (AvgIpc) is 2.66. The molecular formula is C10H9N3O2S. The maximum Gasteiger partial charge on any atom is 0.410 e. The molecule has 0 spiro atoms. The molecular weight excluding hydrogens is 226 g/mol. The van der Waals surface area contributed by atoms with Gasteiger partial charge in [-0.2, -0.15) is 0 Å². The minimum Gasteiger partial charge on any atom is -0.465 e. The first-order valence-corrected chi connectivity index (χ1v) is 5.34. The van der Waals surface area contributed by atoms with Crippen LogP contribution in [0.5, 0.6) is 0 Å². The Labute approximate surface area is 95.6 Å². The molecule has 16 heavy (non-hydrogen) atoms. The number of hydrogen-bond donors (Lipinski definition) is 3. The lowest BCUT2D eigenvalue weighted by molar-refractivity contribution is 0.209. The van der Waals surface area contributed by atoms with Crippen LogP contribution in [-0.4, -0.2) is 16.2 Å². The van der Waals surface area contributed by atoms with Crippen LogP contribution in [0.3, 0.4) is 0 Å². The van der Waals surface area contributed by atoms with Gasteiger partial charge in [0.05, 0.1) is 5.69 Å². The topological polar surface area (TPSA) is 88.2 Å². The van der Waals surface area contributed by atoms with Crippen molar-refractivity contribution in [3.8, 4) is 11.3 Å². The molecule has 82 valence electrons. The number of nitrogens with two attached hydrogens (primary N) is 1. The Morgan fingerprint density at radius 2 is 2.06 bits per heavy atom. The van der Waals surface area contributed by atoms with Gasteiger partial charge >= 0.3 is 6.09 Å². The average molecular weight is 235 g/mol. The molecule has 0 saturated carbocycles. The van der Waals surface area contributed by atoms with E-state index < -0.39 is 6.09 Å². The van der Waals surface area contributed by atoms with Crippen LogP contribution < -0.4 is 11.1 Å². The molecule has 1 aromatic carbocycles. The Balaban J connectivity index is 2.24. The number of benzene rings is 1. The quantitative estimate of drug-likeness (QED) is 0.698. The van der Waals surface area contributed by atoms with Crippen LogP contribution in [0.15, 0.2) is 29.6 Å². The third kappa shape index (κ3) is 2.29. The highest BCUT2D eigenvalue weighted by atomic mass is 32.1. The zero-order valence-corrected chi connectivity index (χ0v) is 8.99. The number of carbonyl (C=O) groups is 1. The van der Waals surface area contributed by atoms with Crippen LogP contribution in [0, 0.1) is 0 Å². The zero-order valence-electron chi connectivity index (χ0n) is 8.18. The Bertz CT molecular complexity index is 507. The number of amides is 1. The van der Waals surface area contributed by atoms with E-state index in [1.807, 2.05) is 12.1 Å². The van der Waals surface area contributed by atoms with Crippen LogP contribution in [0.2, 0.25) is 0 Å². The van der Waals surface area contributed by atoms with Gasteiger partial charge in [-0.1, -0.05) is 12.1 Å². The molecule has 0 aliphatic carbocycles. The normalized spacial score (nSPS) is 10.0. The van der Waals surface area contributed by atoms with Crippen molar-refractivity contribution in [1.29, 1.82) is 0 Å². The Kier molecular flexibility index (Phi) is 2.74. The summed E-state index contributed by atoms with van der Waals surface area (Å²) in [6, 6.07) is 7.24. The van der Waals surface area contributed by atoms with E-state index >= 15 is 0 Å². The second-order valence-electron chi connectivity index (χ2n) is 3.09. The number of nitrogen functional groups attached to an aromatic ring is 1. The summed E-state index contributed by atoms with van der Waals surface area (Å²) in [7, 11) is 0. The number of anilines is 2. The van der Waals surface area contributed by atoms with Crippen LogP contribution in [0.25, 0.3) is 11.3 Å². The monoisotopic (exact) mass is 235 g/mol. The fourth-order valence-corrected chi connectivity index (χ4v) is 1.92. The van der Waals surface area contributed by atoms with Gasteiger partial charge in [0.25, 0.3) is 0 Å². The SMILES string of the molecule is Nc1ccc(-c2csc(NC(=O)O)n2)cc1. The lowest BCUT2D eigenvalue weighted by atomic mass is 10.1. The number of rotatable bonds is 2. The third-order valence-electron chi connectivity index (χ3n) is 1.92. The molecule has 0 aliphatic rings. The van der Waals surface area contributed by atoms with Crippen molar-refractivity contribution < 1.29 is 9.90 Å². The largest absolute Gasteiger partial charge is 0.465 e. The number of nitrogens with zero attached hydrogens (tertiary/aromatic N) is 1. The predicted molar refractivity (Wildman–Crippen MR) is 63.6 cm³/mol. The van der Waals surface area contributed by atoms with Gasteiger partial charge in [0, 0.05) is 16.6 Å². The van der Waals surface area contributed by atoms with E-state index in [9.17, 15) is 4.79 Å². The van der Waals surface area contributed by atoms with Gasteiger partial charge in [0.1, 0.15) is 0 Å². The molecule has 2 rings (SSSR count). The summed E-state index contributed by atoms with van der Waals surface area (Å²) in [6.45, 7) is 0. The summed E-state index contributed by atoms with van der Waals surface area (Å²) in [5.41, 5.74) is 7.89. The van der Waals surface area contributed by atoms with Crippen molar-refractivity contribution in [3.05, 3.63) is 29.6 Å². The molecule has 0 unspecified atom stereocenters. The van der Waals surface area contributed by atoms with Crippen LogP contribution in [0.1, 0.15) is 0 Å². The summed E-state index contributed by atoms with van der Waals surface area (Å²) in [5, 5.41) is 12.9. The highest BCUT2D eigenvalue weighted by Crippen LogP contribution is 2.25. The summed E-state index contributed by atoms with van der Waals surface area (Å²) in [4.78, 5) is 14.5. The standard InChI is InChI=1S/C10H9N3O2S/c11-7-3-1-6(2-4-7)8-5-16-9(12-8)13-10(14)15/h1-5H,11H2,(H,12,13)(H,14,15). The van der Waals surface area contributed by atoms with Gasteiger partial charge in [0.2, 0.25) is 0 Å². The molecule has 6 heteroatoms. The van der Waals surface area contributed by atoms with E-state index in [4.69, 9.17) is 10.8 Å². The highest BCUT2D eigenvalue weighted by molar-refractivity contribution is 7.14. The second kappa shape index (κ2) is 4.19. The second-order valence-corrected chi connectivity index (χ2v) is 3.95. The third-order valence-corrected chi connectivity index (χ3v) is 2.68. The van der Waals surface area contributed by atoms with Crippen LogP contribution >= 0.6 is 11.3 Å². The number of thiazole rings is 1. The summed E-state index contributed by atoms with van der Waals surface area (Å²) < 4.78 is 0. The summed E-state index contributed by atoms with van der Waals surface area (Å²) in [5.74, 6) is 0. The van der Waals surface area contributed by atoms with Crippen molar-refractivity contribution in [3.63, 3.8) is 0 Å². The molecule has 1 aromatic heterocycles. The number of aromatic nitrogens is 1. The molecule has 5 nitrogen and oxygen atoms in total. The molecule has 0 aliphatic heterocycles. The highest BCUT2D eigenvalue weighted by Gasteiger charge is 2.06. The van der Waals surface area contributed by atoms with E-state index in [-0.39, 0.29) is 0 Å². The molecule has 0 saturated heterocycles. The Hall–Kier alpha value is -2.08. The molecule has 0 fully saturated rings. The molecule has 1 amide bonds. The summed E-state index contributed by atoms with van der Waals surface area (Å²) >= 11 is 1.24. The first kappa shape index (κ1) is 10.4. The maximum atomic E-state index is 10.4. The lowest BCUT2D eigenvalue weighted by Gasteiger charge is -1.97. The number of hydrogen-bond acceptors (Lipinski definition) is 4. The van der Waals surface area contributed by atoms with Crippen molar-refractivity contribution in [2.45, 2.75) is 0 Å². The van der Waals surface area contributed by atoms with Crippen molar-refractivity contribution >= 4 is 28.2 Å². The van der Waals surface area contributed by atoms with Crippen molar-refractivity contribution in [2.24, 2.45) is 0 Å². The number of carboxylic acid groups (broad SMARTS) is 1. The minimum atomic E-state index is -1.11. The van der Waals surface area contributed by atoms with E-state index in [2.05, 4.69) is 10.3 Å². The van der Waals surface area contributed by atoms with Crippen molar-refractivity contribution in [2.75, 3.05) is 11.1 Å².